The molecule has 1 aliphatic rings. The fourth-order valence-corrected chi connectivity index (χ4v) is 3.83. The van der Waals surface area contributed by atoms with Gasteiger partial charge in [-0.15, -0.1) is 0 Å². The molecule has 0 N–H and O–H groups in total. The number of nitrogens with zero attached hydrogens (tertiary/aromatic N) is 2. The van der Waals surface area contributed by atoms with E-state index in [2.05, 4.69) is 4.90 Å². The predicted octanol–water partition coefficient (Wildman–Crippen LogP) is 5.81. The van der Waals surface area contributed by atoms with Crippen LogP contribution in [-0.2, 0) is 19.1 Å². The van der Waals surface area contributed by atoms with Crippen molar-refractivity contribution in [1.82, 2.24) is 9.47 Å². The lowest BCUT2D eigenvalue weighted by Crippen LogP contribution is -2.26. The topological polar surface area (TPSA) is 8.17 Å². The van der Waals surface area contributed by atoms with Crippen LogP contribution in [0.5, 0.6) is 0 Å². The highest BCUT2D eigenvalue weighted by molar-refractivity contribution is 5.90. The minimum atomic E-state index is -4.37. The van der Waals surface area contributed by atoms with Crippen molar-refractivity contribution in [2.75, 3.05) is 13.6 Å². The summed E-state index contributed by atoms with van der Waals surface area (Å²) in [6.45, 7) is 3.38. The molecule has 6 heteroatoms. The van der Waals surface area contributed by atoms with Crippen LogP contribution in [0.3, 0.4) is 0 Å². The van der Waals surface area contributed by atoms with E-state index in [1.807, 2.05) is 24.7 Å². The number of rotatable bonds is 2. The molecule has 0 saturated heterocycles. The Kier molecular flexibility index (Phi) is 4.54. The molecule has 0 saturated carbocycles. The number of fused-ring (bicyclic) bond motifs is 3. The lowest BCUT2D eigenvalue weighted by atomic mass is 10.0. The number of aromatic nitrogens is 1. The summed E-state index contributed by atoms with van der Waals surface area (Å²) in [5.74, 6) is -0.303. The summed E-state index contributed by atoms with van der Waals surface area (Å²) in [5, 5.41) is 0.638. The van der Waals surface area contributed by atoms with E-state index < -0.39 is 11.7 Å². The SMILES string of the molecule is C/C(=C/n1c2c(c3cc(C(F)(F)F)ccc31)CN(C)CC2)c1ccc(F)cc1. The van der Waals surface area contributed by atoms with Gasteiger partial charge in [-0.25, -0.2) is 4.39 Å². The van der Waals surface area contributed by atoms with Gasteiger partial charge in [0.15, 0.2) is 0 Å². The number of alkyl halides is 3. The maximum atomic E-state index is 13.2. The van der Waals surface area contributed by atoms with E-state index in [0.717, 1.165) is 46.9 Å². The van der Waals surface area contributed by atoms with Crippen molar-refractivity contribution in [3.8, 4) is 0 Å². The Bertz CT molecular complexity index is 1060. The van der Waals surface area contributed by atoms with Gasteiger partial charge < -0.3 is 9.47 Å². The van der Waals surface area contributed by atoms with Crippen LogP contribution in [0.1, 0.15) is 29.3 Å². The Morgan fingerprint density at radius 2 is 1.79 bits per heavy atom. The van der Waals surface area contributed by atoms with Gasteiger partial charge >= 0.3 is 6.18 Å². The van der Waals surface area contributed by atoms with E-state index in [4.69, 9.17) is 0 Å². The summed E-state index contributed by atoms with van der Waals surface area (Å²) in [7, 11) is 1.97. The van der Waals surface area contributed by atoms with Crippen LogP contribution in [0, 0.1) is 5.82 Å². The number of allylic oxidation sites excluding steroid dienone is 1. The molecule has 0 aliphatic carbocycles. The van der Waals surface area contributed by atoms with Crippen LogP contribution in [-0.4, -0.2) is 23.1 Å². The molecular weight excluding hydrogens is 368 g/mol. The summed E-state index contributed by atoms with van der Waals surface area (Å²) in [4.78, 5) is 2.11. The fourth-order valence-electron chi connectivity index (χ4n) is 3.83. The third-order valence-corrected chi connectivity index (χ3v) is 5.33. The zero-order chi connectivity index (χ0) is 20.1. The van der Waals surface area contributed by atoms with Gasteiger partial charge in [0.1, 0.15) is 5.82 Å². The Hall–Kier alpha value is -2.60. The first-order valence-electron chi connectivity index (χ1n) is 9.10. The second-order valence-corrected chi connectivity index (χ2v) is 7.33. The summed E-state index contributed by atoms with van der Waals surface area (Å²) >= 11 is 0. The molecule has 1 aromatic heterocycles. The molecule has 146 valence electrons. The molecule has 0 amide bonds. The predicted molar refractivity (Wildman–Crippen MR) is 103 cm³/mol. The number of likely N-dealkylation sites (N-methyl/N-ethyl adjacent to an activating group) is 1. The molecule has 0 bridgehead atoms. The van der Waals surface area contributed by atoms with E-state index in [9.17, 15) is 17.6 Å². The van der Waals surface area contributed by atoms with Gasteiger partial charge in [0.2, 0.25) is 0 Å². The Labute approximate surface area is 160 Å². The zero-order valence-corrected chi connectivity index (χ0v) is 15.6. The summed E-state index contributed by atoms with van der Waals surface area (Å²) < 4.78 is 54.9. The van der Waals surface area contributed by atoms with E-state index in [1.165, 1.54) is 18.2 Å². The van der Waals surface area contributed by atoms with Crippen LogP contribution in [0.15, 0.2) is 42.5 Å². The molecule has 0 unspecified atom stereocenters. The largest absolute Gasteiger partial charge is 0.416 e. The van der Waals surface area contributed by atoms with Crippen LogP contribution in [0.4, 0.5) is 17.6 Å². The second kappa shape index (κ2) is 6.78. The summed E-state index contributed by atoms with van der Waals surface area (Å²) in [6, 6.07) is 10.1. The van der Waals surface area contributed by atoms with Crippen molar-refractivity contribution in [2.45, 2.75) is 26.1 Å². The number of benzene rings is 2. The molecule has 3 aromatic rings. The molecule has 4 rings (SSSR count). The molecule has 0 spiro atoms. The van der Waals surface area contributed by atoms with Crippen molar-refractivity contribution in [3.05, 3.63) is 70.7 Å². The molecule has 2 nitrogen and oxygen atoms in total. The van der Waals surface area contributed by atoms with Crippen molar-refractivity contribution >= 4 is 22.7 Å². The minimum absolute atomic E-state index is 0.303. The Balaban J connectivity index is 1.90. The first-order chi connectivity index (χ1) is 13.2. The van der Waals surface area contributed by atoms with E-state index in [1.54, 1.807) is 18.2 Å². The monoisotopic (exact) mass is 388 g/mol. The first-order valence-corrected chi connectivity index (χ1v) is 9.10. The van der Waals surface area contributed by atoms with Gasteiger partial charge in [-0.3, -0.25) is 0 Å². The highest BCUT2D eigenvalue weighted by atomic mass is 19.4. The maximum absolute atomic E-state index is 13.2. The highest BCUT2D eigenvalue weighted by Crippen LogP contribution is 2.37. The average molecular weight is 388 g/mol. The van der Waals surface area contributed by atoms with Crippen molar-refractivity contribution in [3.63, 3.8) is 0 Å². The third kappa shape index (κ3) is 3.33. The molecule has 2 heterocycles. The first kappa shape index (κ1) is 18.7. The van der Waals surface area contributed by atoms with E-state index >= 15 is 0 Å². The number of hydrogen-bond donors (Lipinski definition) is 0. The molecule has 2 aromatic carbocycles. The number of hydrogen-bond acceptors (Lipinski definition) is 1. The van der Waals surface area contributed by atoms with Gasteiger partial charge in [-0.2, -0.15) is 13.2 Å². The van der Waals surface area contributed by atoms with Gasteiger partial charge in [0, 0.05) is 36.8 Å². The normalized spacial score (nSPS) is 15.9. The lowest BCUT2D eigenvalue weighted by molar-refractivity contribution is -0.137. The van der Waals surface area contributed by atoms with Gasteiger partial charge in [0.25, 0.3) is 0 Å². The lowest BCUT2D eigenvalue weighted by Gasteiger charge is -2.23. The molecule has 28 heavy (non-hydrogen) atoms. The fraction of sp³-hybridized carbons (Fsp3) is 0.273. The zero-order valence-electron chi connectivity index (χ0n) is 15.6. The molecule has 0 radical (unpaired) electrons. The van der Waals surface area contributed by atoms with Crippen LogP contribution >= 0.6 is 0 Å². The average Bonchev–Trinajstić information content (AvgIpc) is 2.94. The molecule has 0 fully saturated rings. The van der Waals surface area contributed by atoms with Crippen molar-refractivity contribution < 1.29 is 17.6 Å². The van der Waals surface area contributed by atoms with Crippen LogP contribution < -0.4 is 0 Å². The third-order valence-electron chi connectivity index (χ3n) is 5.33. The van der Waals surface area contributed by atoms with Crippen molar-refractivity contribution in [2.24, 2.45) is 0 Å². The van der Waals surface area contributed by atoms with E-state index in [0.29, 0.717) is 11.9 Å². The highest BCUT2D eigenvalue weighted by Gasteiger charge is 2.32. The summed E-state index contributed by atoms with van der Waals surface area (Å²) in [6.07, 6.45) is -1.67. The molecular formula is C22H20F4N2. The quantitative estimate of drug-likeness (QED) is 0.504. The standard InChI is InChI=1S/C22H20F4N2/c1-14(15-3-6-17(23)7-4-15)12-28-20-8-5-16(22(24,25)26)11-18(20)19-13-27(2)10-9-21(19)28/h3-8,11-12H,9-10,13H2,1-2H3/b14-12-. The minimum Gasteiger partial charge on any atom is -0.320 e. The Morgan fingerprint density at radius 3 is 2.46 bits per heavy atom. The van der Waals surface area contributed by atoms with Crippen molar-refractivity contribution in [1.29, 1.82) is 0 Å². The van der Waals surface area contributed by atoms with Crippen LogP contribution in [0.2, 0.25) is 0 Å². The van der Waals surface area contributed by atoms with Gasteiger partial charge in [0.05, 0.1) is 11.1 Å². The molecule has 0 atom stereocenters. The Morgan fingerprint density at radius 1 is 1.07 bits per heavy atom. The van der Waals surface area contributed by atoms with Gasteiger partial charge in [-0.05, 0) is 61.0 Å². The van der Waals surface area contributed by atoms with Crippen LogP contribution in [0.25, 0.3) is 22.7 Å². The molecule has 1 aliphatic heterocycles. The summed E-state index contributed by atoms with van der Waals surface area (Å²) in [5.41, 5.74) is 3.89. The van der Waals surface area contributed by atoms with Gasteiger partial charge in [-0.1, -0.05) is 12.1 Å². The maximum Gasteiger partial charge on any atom is 0.416 e. The smallest absolute Gasteiger partial charge is 0.320 e. The number of halogens is 4. The van der Waals surface area contributed by atoms with E-state index in [-0.39, 0.29) is 5.82 Å². The second-order valence-electron chi connectivity index (χ2n) is 7.33.